The van der Waals surface area contributed by atoms with Gasteiger partial charge in [0.1, 0.15) is 0 Å². The van der Waals surface area contributed by atoms with Crippen molar-refractivity contribution in [1.29, 1.82) is 0 Å². The number of ether oxygens (including phenoxy) is 1. The fourth-order valence-corrected chi connectivity index (χ4v) is 2.51. The van der Waals surface area contributed by atoms with E-state index in [4.69, 9.17) is 4.74 Å². The van der Waals surface area contributed by atoms with Gasteiger partial charge in [0.25, 0.3) is 0 Å². The molecule has 0 aromatic rings. The van der Waals surface area contributed by atoms with Gasteiger partial charge >= 0.3 is 0 Å². The van der Waals surface area contributed by atoms with E-state index < -0.39 is 0 Å². The second-order valence-corrected chi connectivity index (χ2v) is 4.86. The van der Waals surface area contributed by atoms with Crippen LogP contribution in [0.25, 0.3) is 0 Å². The third-order valence-electron chi connectivity index (χ3n) is 3.57. The summed E-state index contributed by atoms with van der Waals surface area (Å²) in [6.07, 6.45) is 3.83. The average molecular weight is 228 g/mol. The molecule has 0 spiro atoms. The molecule has 1 N–H and O–H groups in total. The molecule has 3 nitrogen and oxygen atoms in total. The molecule has 0 bridgehead atoms. The van der Waals surface area contributed by atoms with Crippen LogP contribution in [0.1, 0.15) is 33.1 Å². The highest BCUT2D eigenvalue weighted by Gasteiger charge is 2.20. The summed E-state index contributed by atoms with van der Waals surface area (Å²) in [6, 6.07) is 0.670. The molecule has 1 unspecified atom stereocenters. The Bertz CT molecular complexity index is 167. The van der Waals surface area contributed by atoms with Crippen LogP contribution in [0.3, 0.4) is 0 Å². The van der Waals surface area contributed by atoms with E-state index in [1.165, 1.54) is 38.9 Å². The zero-order valence-electron chi connectivity index (χ0n) is 11.2. The maximum absolute atomic E-state index is 5.23. The Morgan fingerprint density at radius 2 is 2.00 bits per heavy atom. The number of hydrogen-bond acceptors (Lipinski definition) is 3. The molecule has 1 aliphatic rings. The van der Waals surface area contributed by atoms with Crippen molar-refractivity contribution in [1.82, 2.24) is 10.2 Å². The summed E-state index contributed by atoms with van der Waals surface area (Å²) < 4.78 is 5.23. The van der Waals surface area contributed by atoms with Gasteiger partial charge in [0.15, 0.2) is 0 Å². The number of likely N-dealkylation sites (N-methyl/N-ethyl adjacent to an activating group) is 1. The van der Waals surface area contributed by atoms with Crippen molar-refractivity contribution >= 4 is 0 Å². The lowest BCUT2D eigenvalue weighted by Gasteiger charge is -2.34. The van der Waals surface area contributed by atoms with Crippen LogP contribution in [0.5, 0.6) is 0 Å². The number of methoxy groups -OCH3 is 1. The van der Waals surface area contributed by atoms with Crippen molar-refractivity contribution in [2.75, 3.05) is 39.9 Å². The van der Waals surface area contributed by atoms with E-state index in [1.54, 1.807) is 0 Å². The lowest BCUT2D eigenvalue weighted by atomic mass is 9.97. The molecule has 16 heavy (non-hydrogen) atoms. The maximum Gasteiger partial charge on any atom is 0.0491 e. The summed E-state index contributed by atoms with van der Waals surface area (Å²) in [4.78, 5) is 2.60. The van der Waals surface area contributed by atoms with Crippen molar-refractivity contribution in [2.24, 2.45) is 5.92 Å². The fourth-order valence-electron chi connectivity index (χ4n) is 2.51. The highest BCUT2D eigenvalue weighted by atomic mass is 16.5. The fraction of sp³-hybridized carbons (Fsp3) is 1.00. The van der Waals surface area contributed by atoms with E-state index in [9.17, 15) is 0 Å². The first-order valence-electron chi connectivity index (χ1n) is 6.74. The van der Waals surface area contributed by atoms with E-state index in [2.05, 4.69) is 24.1 Å². The van der Waals surface area contributed by atoms with Crippen LogP contribution in [0.15, 0.2) is 0 Å². The summed E-state index contributed by atoms with van der Waals surface area (Å²) in [6.45, 7) is 10.2. The van der Waals surface area contributed by atoms with Gasteiger partial charge < -0.3 is 15.0 Å². The summed E-state index contributed by atoms with van der Waals surface area (Å²) >= 11 is 0. The third-order valence-corrected chi connectivity index (χ3v) is 3.57. The van der Waals surface area contributed by atoms with Crippen molar-refractivity contribution in [3.63, 3.8) is 0 Å². The van der Waals surface area contributed by atoms with Crippen molar-refractivity contribution in [2.45, 2.75) is 39.2 Å². The molecule has 1 atom stereocenters. The number of hydrogen-bond donors (Lipinski definition) is 1. The first-order valence-corrected chi connectivity index (χ1v) is 6.74. The predicted octanol–water partition coefficient (Wildman–Crippen LogP) is 1.73. The van der Waals surface area contributed by atoms with Gasteiger partial charge in [0.2, 0.25) is 0 Å². The average Bonchev–Trinajstić information content (AvgIpc) is 2.31. The lowest BCUT2D eigenvalue weighted by Crippen LogP contribution is -2.44. The zero-order valence-corrected chi connectivity index (χ0v) is 11.2. The van der Waals surface area contributed by atoms with Crippen molar-refractivity contribution in [3.8, 4) is 0 Å². The molecule has 0 amide bonds. The molecule has 0 radical (unpaired) electrons. The van der Waals surface area contributed by atoms with Crippen LogP contribution in [-0.4, -0.2) is 50.8 Å². The standard InChI is InChI=1S/C13H28N2O/c1-4-13(14-5-2)10-15-8-6-12(7-9-15)11-16-3/h12-14H,4-11H2,1-3H3. The maximum atomic E-state index is 5.23. The minimum Gasteiger partial charge on any atom is -0.384 e. The van der Waals surface area contributed by atoms with Gasteiger partial charge in [-0.15, -0.1) is 0 Å². The molecule has 0 saturated carbocycles. The molecular formula is C13H28N2O. The SMILES string of the molecule is CCNC(CC)CN1CCC(COC)CC1. The quantitative estimate of drug-likeness (QED) is 0.718. The minimum atomic E-state index is 0.670. The smallest absolute Gasteiger partial charge is 0.0491 e. The summed E-state index contributed by atoms with van der Waals surface area (Å²) in [5.74, 6) is 0.792. The molecule has 0 aromatic carbocycles. The first kappa shape index (κ1) is 13.9. The number of rotatable bonds is 7. The van der Waals surface area contributed by atoms with Gasteiger partial charge in [-0.1, -0.05) is 13.8 Å². The van der Waals surface area contributed by atoms with E-state index in [1.807, 2.05) is 7.11 Å². The van der Waals surface area contributed by atoms with Crippen LogP contribution in [-0.2, 0) is 4.74 Å². The number of nitrogens with zero attached hydrogens (tertiary/aromatic N) is 1. The van der Waals surface area contributed by atoms with Crippen LogP contribution < -0.4 is 5.32 Å². The molecule has 1 rings (SSSR count). The molecule has 1 heterocycles. The normalized spacial score (nSPS) is 21.2. The van der Waals surface area contributed by atoms with Crippen LogP contribution in [0.4, 0.5) is 0 Å². The number of likely N-dealkylation sites (tertiary alicyclic amines) is 1. The topological polar surface area (TPSA) is 24.5 Å². The molecule has 96 valence electrons. The highest BCUT2D eigenvalue weighted by molar-refractivity contribution is 4.76. The van der Waals surface area contributed by atoms with E-state index >= 15 is 0 Å². The number of piperidine rings is 1. The molecule has 0 aliphatic carbocycles. The van der Waals surface area contributed by atoms with Gasteiger partial charge in [-0.3, -0.25) is 0 Å². The van der Waals surface area contributed by atoms with Gasteiger partial charge in [-0.25, -0.2) is 0 Å². The molecule has 1 fully saturated rings. The third kappa shape index (κ3) is 4.81. The van der Waals surface area contributed by atoms with E-state index in [0.717, 1.165) is 19.1 Å². The minimum absolute atomic E-state index is 0.670. The second-order valence-electron chi connectivity index (χ2n) is 4.86. The Labute approximate surface area is 101 Å². The van der Waals surface area contributed by atoms with Crippen LogP contribution in [0.2, 0.25) is 0 Å². The van der Waals surface area contributed by atoms with Crippen molar-refractivity contribution < 1.29 is 4.74 Å². The largest absolute Gasteiger partial charge is 0.384 e. The molecular weight excluding hydrogens is 200 g/mol. The van der Waals surface area contributed by atoms with Gasteiger partial charge in [-0.2, -0.15) is 0 Å². The highest BCUT2D eigenvalue weighted by Crippen LogP contribution is 2.17. The van der Waals surface area contributed by atoms with Gasteiger partial charge in [0, 0.05) is 26.3 Å². The zero-order chi connectivity index (χ0) is 11.8. The lowest BCUT2D eigenvalue weighted by molar-refractivity contribution is 0.0950. The van der Waals surface area contributed by atoms with Crippen molar-refractivity contribution in [3.05, 3.63) is 0 Å². The molecule has 1 aliphatic heterocycles. The van der Waals surface area contributed by atoms with E-state index in [0.29, 0.717) is 6.04 Å². The summed E-state index contributed by atoms with van der Waals surface area (Å²) in [5, 5.41) is 3.55. The number of nitrogens with one attached hydrogen (secondary N) is 1. The second kappa shape index (κ2) is 8.04. The Hall–Kier alpha value is -0.120. The molecule has 3 heteroatoms. The van der Waals surface area contributed by atoms with Crippen LogP contribution in [0, 0.1) is 5.92 Å². The first-order chi connectivity index (χ1) is 7.80. The Morgan fingerprint density at radius 1 is 1.31 bits per heavy atom. The molecule has 0 aromatic heterocycles. The van der Waals surface area contributed by atoms with Gasteiger partial charge in [-0.05, 0) is 44.8 Å². The summed E-state index contributed by atoms with van der Waals surface area (Å²) in [7, 11) is 1.81. The molecule has 1 saturated heterocycles. The Balaban J connectivity index is 2.20. The monoisotopic (exact) mass is 228 g/mol. The van der Waals surface area contributed by atoms with Gasteiger partial charge in [0.05, 0.1) is 0 Å². The Morgan fingerprint density at radius 3 is 2.50 bits per heavy atom. The Kier molecular flexibility index (Phi) is 7.01. The summed E-state index contributed by atoms with van der Waals surface area (Å²) in [5.41, 5.74) is 0. The van der Waals surface area contributed by atoms with E-state index in [-0.39, 0.29) is 0 Å². The van der Waals surface area contributed by atoms with Crippen LogP contribution >= 0.6 is 0 Å². The predicted molar refractivity (Wildman–Crippen MR) is 68.8 cm³/mol.